The third-order valence-corrected chi connectivity index (χ3v) is 4.55. The molecule has 1 fully saturated rings. The molecule has 8 heteroatoms. The van der Waals surface area contributed by atoms with Crippen molar-refractivity contribution in [1.29, 1.82) is 0 Å². The van der Waals surface area contributed by atoms with Crippen LogP contribution in [0.15, 0.2) is 30.5 Å². The molecule has 1 aromatic carbocycles. The van der Waals surface area contributed by atoms with Gasteiger partial charge in [0.15, 0.2) is 11.5 Å². The van der Waals surface area contributed by atoms with Gasteiger partial charge in [0.25, 0.3) is 5.91 Å². The van der Waals surface area contributed by atoms with Crippen molar-refractivity contribution in [2.75, 3.05) is 39.2 Å². The maximum atomic E-state index is 12.4. The molecule has 1 amide bonds. The zero-order chi connectivity index (χ0) is 19.8. The van der Waals surface area contributed by atoms with Crippen LogP contribution in [0.1, 0.15) is 28.9 Å². The van der Waals surface area contributed by atoms with Crippen LogP contribution in [0.5, 0.6) is 11.5 Å². The number of anilines is 1. The van der Waals surface area contributed by atoms with Crippen molar-refractivity contribution >= 4 is 11.9 Å². The molecule has 150 valence electrons. The van der Waals surface area contributed by atoms with E-state index in [0.29, 0.717) is 42.7 Å². The fraction of sp³-hybridized carbons (Fsp3) is 0.450. The summed E-state index contributed by atoms with van der Waals surface area (Å²) in [5.41, 5.74) is 1.37. The van der Waals surface area contributed by atoms with Crippen LogP contribution in [0.25, 0.3) is 0 Å². The molecule has 28 heavy (non-hydrogen) atoms. The molecule has 1 atom stereocenters. The van der Waals surface area contributed by atoms with E-state index in [-0.39, 0.29) is 12.0 Å². The predicted molar refractivity (Wildman–Crippen MR) is 105 cm³/mol. The Labute approximate surface area is 164 Å². The van der Waals surface area contributed by atoms with Crippen LogP contribution in [0.3, 0.4) is 0 Å². The molecule has 1 saturated heterocycles. The van der Waals surface area contributed by atoms with E-state index in [9.17, 15) is 4.79 Å². The Hall–Kier alpha value is -2.87. The Morgan fingerprint density at radius 1 is 1.25 bits per heavy atom. The first kappa shape index (κ1) is 19.9. The number of amides is 1. The van der Waals surface area contributed by atoms with Gasteiger partial charge in [-0.15, -0.1) is 0 Å². The first-order valence-corrected chi connectivity index (χ1v) is 9.37. The largest absolute Gasteiger partial charge is 0.493 e. The molecule has 0 saturated carbocycles. The molecular formula is C20H26N4O4. The van der Waals surface area contributed by atoms with Crippen LogP contribution in [-0.4, -0.2) is 55.9 Å². The predicted octanol–water partition coefficient (Wildman–Crippen LogP) is 2.06. The number of hydrogen-bond acceptors (Lipinski definition) is 7. The lowest BCUT2D eigenvalue weighted by Gasteiger charge is -2.11. The highest BCUT2D eigenvalue weighted by atomic mass is 16.5. The fourth-order valence-corrected chi connectivity index (χ4v) is 3.03. The summed E-state index contributed by atoms with van der Waals surface area (Å²) >= 11 is 0. The van der Waals surface area contributed by atoms with Gasteiger partial charge in [-0.25, -0.2) is 9.97 Å². The summed E-state index contributed by atoms with van der Waals surface area (Å²) in [4.78, 5) is 20.8. The molecule has 3 rings (SSSR count). The number of ether oxygens (including phenoxy) is 3. The summed E-state index contributed by atoms with van der Waals surface area (Å²) in [6, 6.07) is 7.31. The second-order valence-corrected chi connectivity index (χ2v) is 6.48. The Bertz CT molecular complexity index is 794. The number of carbonyl (C=O) groups is 1. The highest BCUT2D eigenvalue weighted by Crippen LogP contribution is 2.27. The van der Waals surface area contributed by atoms with Gasteiger partial charge in [0.2, 0.25) is 5.95 Å². The van der Waals surface area contributed by atoms with Crippen molar-refractivity contribution in [3.05, 3.63) is 41.7 Å². The molecule has 2 N–H and O–H groups in total. The molecule has 1 aliphatic heterocycles. The number of carbonyl (C=O) groups excluding carboxylic acids is 1. The third-order valence-electron chi connectivity index (χ3n) is 4.55. The van der Waals surface area contributed by atoms with Crippen molar-refractivity contribution in [3.8, 4) is 11.5 Å². The highest BCUT2D eigenvalue weighted by Gasteiger charge is 2.16. The average Bonchev–Trinajstić information content (AvgIpc) is 3.26. The minimum Gasteiger partial charge on any atom is -0.493 e. The molecule has 1 unspecified atom stereocenters. The van der Waals surface area contributed by atoms with E-state index >= 15 is 0 Å². The quantitative estimate of drug-likeness (QED) is 0.681. The van der Waals surface area contributed by atoms with Crippen molar-refractivity contribution < 1.29 is 19.0 Å². The smallest absolute Gasteiger partial charge is 0.270 e. The van der Waals surface area contributed by atoms with E-state index in [0.717, 1.165) is 25.0 Å². The molecule has 1 aromatic heterocycles. The summed E-state index contributed by atoms with van der Waals surface area (Å²) < 4.78 is 16.1. The number of rotatable bonds is 9. The molecular weight excluding hydrogens is 360 g/mol. The third kappa shape index (κ3) is 5.32. The lowest BCUT2D eigenvalue weighted by molar-refractivity contribution is 0.0949. The fourth-order valence-electron chi connectivity index (χ4n) is 3.03. The first-order chi connectivity index (χ1) is 13.7. The molecule has 2 aromatic rings. The van der Waals surface area contributed by atoms with Gasteiger partial charge in [0, 0.05) is 25.9 Å². The number of hydrogen-bond donors (Lipinski definition) is 2. The van der Waals surface area contributed by atoms with Crippen LogP contribution in [-0.2, 0) is 11.2 Å². The lowest BCUT2D eigenvalue weighted by atomic mass is 10.1. The SMILES string of the molecule is COc1ccc(CCNC(=O)c2ccnc(NCC3CCCO3)n2)cc1OC. The standard InChI is InChI=1S/C20H26N4O4/c1-26-17-6-5-14(12-18(17)27-2)7-9-21-19(25)16-8-10-22-20(24-16)23-13-15-4-3-11-28-15/h5-6,8,10,12,15H,3-4,7,9,11,13H2,1-2H3,(H,21,25)(H,22,23,24). The summed E-state index contributed by atoms with van der Waals surface area (Å²) in [5, 5.41) is 6.02. The van der Waals surface area contributed by atoms with Crippen LogP contribution < -0.4 is 20.1 Å². The Kier molecular flexibility index (Phi) is 7.02. The van der Waals surface area contributed by atoms with Crippen LogP contribution in [0, 0.1) is 0 Å². The zero-order valence-corrected chi connectivity index (χ0v) is 16.2. The van der Waals surface area contributed by atoms with Crippen LogP contribution in [0.4, 0.5) is 5.95 Å². The summed E-state index contributed by atoms with van der Waals surface area (Å²) in [5.74, 6) is 1.55. The molecule has 2 heterocycles. The maximum absolute atomic E-state index is 12.4. The molecule has 0 bridgehead atoms. The number of aromatic nitrogens is 2. The van der Waals surface area contributed by atoms with Crippen molar-refractivity contribution in [1.82, 2.24) is 15.3 Å². The molecule has 0 spiro atoms. The number of nitrogens with one attached hydrogen (secondary N) is 2. The number of benzene rings is 1. The Morgan fingerprint density at radius 2 is 2.11 bits per heavy atom. The number of methoxy groups -OCH3 is 2. The number of nitrogens with zero attached hydrogens (tertiary/aromatic N) is 2. The summed E-state index contributed by atoms with van der Waals surface area (Å²) in [6.07, 6.45) is 4.54. The normalized spacial score (nSPS) is 15.9. The van der Waals surface area contributed by atoms with Crippen LogP contribution >= 0.6 is 0 Å². The Balaban J connectivity index is 1.50. The van der Waals surface area contributed by atoms with E-state index in [4.69, 9.17) is 14.2 Å². The topological polar surface area (TPSA) is 94.6 Å². The average molecular weight is 386 g/mol. The van der Waals surface area contributed by atoms with Gasteiger partial charge in [-0.1, -0.05) is 6.07 Å². The van der Waals surface area contributed by atoms with E-state index in [1.807, 2.05) is 18.2 Å². The monoisotopic (exact) mass is 386 g/mol. The minimum absolute atomic E-state index is 0.183. The zero-order valence-electron chi connectivity index (χ0n) is 16.2. The second-order valence-electron chi connectivity index (χ2n) is 6.48. The van der Waals surface area contributed by atoms with E-state index < -0.39 is 0 Å². The van der Waals surface area contributed by atoms with Gasteiger partial charge in [-0.05, 0) is 43.0 Å². The van der Waals surface area contributed by atoms with Crippen molar-refractivity contribution in [2.45, 2.75) is 25.4 Å². The molecule has 0 radical (unpaired) electrons. The van der Waals surface area contributed by atoms with Crippen molar-refractivity contribution in [3.63, 3.8) is 0 Å². The van der Waals surface area contributed by atoms with Gasteiger partial charge in [0.05, 0.1) is 20.3 Å². The van der Waals surface area contributed by atoms with Crippen molar-refractivity contribution in [2.24, 2.45) is 0 Å². The summed E-state index contributed by atoms with van der Waals surface area (Å²) in [7, 11) is 3.20. The first-order valence-electron chi connectivity index (χ1n) is 9.37. The second kappa shape index (κ2) is 9.89. The van der Waals surface area contributed by atoms with E-state index in [1.54, 1.807) is 26.5 Å². The molecule has 0 aliphatic carbocycles. The van der Waals surface area contributed by atoms with Gasteiger partial charge in [-0.2, -0.15) is 0 Å². The van der Waals surface area contributed by atoms with Gasteiger partial charge < -0.3 is 24.8 Å². The van der Waals surface area contributed by atoms with E-state index in [2.05, 4.69) is 20.6 Å². The highest BCUT2D eigenvalue weighted by molar-refractivity contribution is 5.92. The van der Waals surface area contributed by atoms with E-state index in [1.165, 1.54) is 0 Å². The van der Waals surface area contributed by atoms with Crippen LogP contribution in [0.2, 0.25) is 0 Å². The Morgan fingerprint density at radius 3 is 2.86 bits per heavy atom. The maximum Gasteiger partial charge on any atom is 0.270 e. The van der Waals surface area contributed by atoms with Gasteiger partial charge in [-0.3, -0.25) is 4.79 Å². The molecule has 8 nitrogen and oxygen atoms in total. The van der Waals surface area contributed by atoms with Gasteiger partial charge in [0.1, 0.15) is 5.69 Å². The summed E-state index contributed by atoms with van der Waals surface area (Å²) in [6.45, 7) is 1.93. The lowest BCUT2D eigenvalue weighted by Crippen LogP contribution is -2.27. The molecule has 1 aliphatic rings. The minimum atomic E-state index is -0.233. The van der Waals surface area contributed by atoms with Gasteiger partial charge >= 0.3 is 0 Å².